The van der Waals surface area contributed by atoms with E-state index < -0.39 is 0 Å². The zero-order valence-corrected chi connectivity index (χ0v) is 2.89. The first-order valence-electron chi connectivity index (χ1n) is 1.33. The normalized spacial score (nSPS) is 8.80. The molecule has 0 amide bonds. The second kappa shape index (κ2) is 3.93. The minimum Gasteiger partial charge on any atom is -0.147 e. The van der Waals surface area contributed by atoms with Gasteiger partial charge in [-0.25, -0.2) is 0 Å². The molecule has 0 fully saturated rings. The summed E-state index contributed by atoms with van der Waals surface area (Å²) < 4.78 is 0. The number of hydrogen-bond acceptors (Lipinski definition) is 0. The van der Waals surface area contributed by atoms with Crippen LogP contribution in [0.1, 0.15) is 0 Å². The Morgan fingerprint density at radius 1 is 1.60 bits per heavy atom. The maximum absolute atomic E-state index is 4.85. The lowest BCUT2D eigenvalue weighted by molar-refractivity contribution is 2.48. The number of hydrogen-bond donors (Lipinski definition) is 0. The molecule has 0 N–H and O–H groups in total. The molecule has 0 atom stereocenters. The molecule has 0 bridgehead atoms. The molecule has 19 valence electrons. The summed E-state index contributed by atoms with van der Waals surface area (Å²) >= 11 is 0. The molecule has 3 heteroatoms. The summed E-state index contributed by atoms with van der Waals surface area (Å²) in [6, 6.07) is 0. The van der Waals surface area contributed by atoms with Crippen molar-refractivity contribution in [3.8, 4) is 0 Å². The van der Waals surface area contributed by atoms with Crippen LogP contribution in [-0.4, -0.2) is 22.8 Å². The molecule has 0 unspecified atom stereocenters. The van der Waals surface area contributed by atoms with E-state index in [1.807, 2.05) is 0 Å². The van der Waals surface area contributed by atoms with Gasteiger partial charge in [-0.15, -0.1) is 12.0 Å². The zero-order chi connectivity index (χ0) is 4.12. The van der Waals surface area contributed by atoms with Crippen LogP contribution in [-0.2, 0) is 0 Å². The van der Waals surface area contributed by atoms with Crippen LogP contribution >= 0.6 is 0 Å². The van der Waals surface area contributed by atoms with Gasteiger partial charge in [-0.05, 0) is 0 Å². The summed E-state index contributed by atoms with van der Waals surface area (Å²) in [6.45, 7) is 0. The molecule has 0 rings (SSSR count). The lowest BCUT2D eigenvalue weighted by atomic mass is 9.55. The molecular weight excluding hydrogens is 56.5 g/mol. The minimum absolute atomic E-state index is 1.38. The van der Waals surface area contributed by atoms with E-state index in [0.29, 0.717) is 0 Å². The van der Waals surface area contributed by atoms with Gasteiger partial charge in [0.1, 0.15) is 7.85 Å². The summed E-state index contributed by atoms with van der Waals surface area (Å²) in [4.78, 5) is 0. The van der Waals surface area contributed by atoms with Crippen LogP contribution in [0.2, 0.25) is 0 Å². The lowest BCUT2D eigenvalue weighted by Crippen LogP contribution is -1.77. The summed E-state index contributed by atoms with van der Waals surface area (Å²) in [6.07, 6.45) is 0. The topological polar surface area (TPSA) is 0 Å². The Kier molecular flexibility index (Phi) is 3.88. The third kappa shape index (κ3) is 3.93. The van der Waals surface area contributed by atoms with Gasteiger partial charge >= 0.3 is 0 Å². The highest BCUT2D eigenvalue weighted by atomic mass is 13.2. The first-order valence-corrected chi connectivity index (χ1v) is 1.33. The van der Waals surface area contributed by atoms with Crippen molar-refractivity contribution in [1.29, 1.82) is 0 Å². The van der Waals surface area contributed by atoms with E-state index in [4.69, 9.17) is 15.6 Å². The van der Waals surface area contributed by atoms with E-state index in [1.54, 1.807) is 5.98 Å². The Morgan fingerprint density at radius 3 is 2.20 bits per heavy atom. The van der Waals surface area contributed by atoms with Crippen molar-refractivity contribution in [2.24, 2.45) is 0 Å². The van der Waals surface area contributed by atoms with E-state index in [0.717, 1.165) is 0 Å². The fraction of sp³-hybridized carbons (Fsp3) is 0. The Bertz CT molecular complexity index is 31.9. The molecule has 0 saturated heterocycles. The molecule has 0 saturated carbocycles. The van der Waals surface area contributed by atoms with Gasteiger partial charge in [0.25, 0.3) is 0 Å². The molecule has 0 spiro atoms. The fourth-order valence-electron chi connectivity index (χ4n) is 0.0642. The Hall–Kier alpha value is -0.0652. The van der Waals surface area contributed by atoms with Gasteiger partial charge in [0.05, 0.1) is 7.17 Å². The van der Waals surface area contributed by atoms with Crippen molar-refractivity contribution in [2.75, 3.05) is 0 Å². The van der Waals surface area contributed by atoms with Crippen LogP contribution in [0.25, 0.3) is 0 Å². The molecule has 0 aliphatic rings. The summed E-state index contributed by atoms with van der Waals surface area (Å²) in [7, 11) is 11.1. The van der Waals surface area contributed by atoms with Crippen LogP contribution in [0.3, 0.4) is 0 Å². The molecule has 5 radical (unpaired) electrons. The molecule has 0 aliphatic heterocycles. The standard InChI is InChI=1S/C2H2B3/c3-1-2-5-4/h1-2H/b2-1-. The molecule has 0 heterocycles. The molecule has 0 aromatic carbocycles. The zero-order valence-electron chi connectivity index (χ0n) is 2.89. The van der Waals surface area contributed by atoms with Crippen LogP contribution in [0.4, 0.5) is 0 Å². The smallest absolute Gasteiger partial charge is 0.101 e. The maximum atomic E-state index is 4.85. The fourth-order valence-corrected chi connectivity index (χ4v) is 0.0642. The maximum Gasteiger partial charge on any atom is 0.101 e. The van der Waals surface area contributed by atoms with Gasteiger partial charge in [0, 0.05) is 7.74 Å². The highest BCUT2D eigenvalue weighted by Crippen LogP contribution is 1.51. The van der Waals surface area contributed by atoms with Crippen LogP contribution in [0.15, 0.2) is 12.0 Å². The first kappa shape index (κ1) is 4.93. The summed E-state index contributed by atoms with van der Waals surface area (Å²) in [5.41, 5.74) is 0. The Balaban J connectivity index is 2.62. The van der Waals surface area contributed by atoms with Crippen molar-refractivity contribution in [3.05, 3.63) is 12.0 Å². The predicted octanol–water partition coefficient (Wildman–Crippen LogP) is -0.586. The summed E-state index contributed by atoms with van der Waals surface area (Å²) in [5.74, 6) is 2.93. The highest BCUT2D eigenvalue weighted by Gasteiger charge is 1.56. The van der Waals surface area contributed by atoms with Crippen molar-refractivity contribution >= 4 is 22.8 Å². The van der Waals surface area contributed by atoms with Gasteiger partial charge in [-0.1, -0.05) is 0 Å². The monoisotopic (exact) mass is 59.0 g/mol. The predicted molar refractivity (Wildman–Crippen MR) is 26.4 cm³/mol. The van der Waals surface area contributed by atoms with Crippen LogP contribution in [0, 0.1) is 0 Å². The average molecular weight is 58.5 g/mol. The molecule has 5 heavy (non-hydrogen) atoms. The molecule has 0 aromatic heterocycles. The molecule has 0 aliphatic carbocycles. The van der Waals surface area contributed by atoms with Crippen molar-refractivity contribution < 1.29 is 0 Å². The van der Waals surface area contributed by atoms with Gasteiger partial charge in [0.15, 0.2) is 0 Å². The Morgan fingerprint density at radius 2 is 2.20 bits per heavy atom. The summed E-state index contributed by atoms with van der Waals surface area (Å²) in [5, 5.41) is 0. The van der Waals surface area contributed by atoms with E-state index in [-0.39, 0.29) is 0 Å². The molecule has 0 nitrogen and oxygen atoms in total. The van der Waals surface area contributed by atoms with Gasteiger partial charge < -0.3 is 0 Å². The second-order valence-corrected chi connectivity index (χ2v) is 0.577. The largest absolute Gasteiger partial charge is 0.147 e. The first-order chi connectivity index (χ1) is 2.41. The van der Waals surface area contributed by atoms with Gasteiger partial charge in [-0.3, -0.25) is 0 Å². The lowest BCUT2D eigenvalue weighted by Gasteiger charge is -1.62. The minimum atomic E-state index is 1.38. The van der Waals surface area contributed by atoms with E-state index in [1.165, 1.54) is 13.1 Å². The third-order valence-corrected chi connectivity index (χ3v) is 0.222. The SMILES string of the molecule is [B][B]/C=C\[B]. The molecule has 0 aromatic rings. The van der Waals surface area contributed by atoms with E-state index in [9.17, 15) is 0 Å². The third-order valence-electron chi connectivity index (χ3n) is 0.222. The average Bonchev–Trinajstić information content (AvgIpc) is 1.41. The van der Waals surface area contributed by atoms with Crippen LogP contribution < -0.4 is 0 Å². The second-order valence-electron chi connectivity index (χ2n) is 0.577. The quantitative estimate of drug-likeness (QED) is 0.354. The van der Waals surface area contributed by atoms with E-state index >= 15 is 0 Å². The van der Waals surface area contributed by atoms with Crippen LogP contribution in [0.5, 0.6) is 0 Å². The van der Waals surface area contributed by atoms with E-state index in [2.05, 4.69) is 0 Å². The van der Waals surface area contributed by atoms with Crippen molar-refractivity contribution in [3.63, 3.8) is 0 Å². The molecular formula is C2H2B3. The van der Waals surface area contributed by atoms with Crippen molar-refractivity contribution in [2.45, 2.75) is 0 Å². The van der Waals surface area contributed by atoms with Gasteiger partial charge in [0.2, 0.25) is 0 Å². The Labute approximate surface area is 35.7 Å². The number of rotatable bonds is 1. The van der Waals surface area contributed by atoms with Crippen molar-refractivity contribution in [1.82, 2.24) is 0 Å². The highest BCUT2D eigenvalue weighted by molar-refractivity contribution is 6.92. The van der Waals surface area contributed by atoms with Gasteiger partial charge in [-0.2, -0.15) is 0 Å².